The van der Waals surface area contributed by atoms with E-state index in [-0.39, 0.29) is 5.78 Å². The Kier molecular flexibility index (Phi) is 3.78. The van der Waals surface area contributed by atoms with Gasteiger partial charge in [-0.1, -0.05) is 6.92 Å². The number of ketones is 1. The Labute approximate surface area is 124 Å². The molecular formula is C17H20N2O2. The third kappa shape index (κ3) is 2.84. The monoisotopic (exact) mass is 284 g/mol. The van der Waals surface area contributed by atoms with Crippen LogP contribution in [0.1, 0.15) is 54.3 Å². The van der Waals surface area contributed by atoms with Gasteiger partial charge in [-0.3, -0.25) is 9.48 Å². The van der Waals surface area contributed by atoms with Crippen molar-refractivity contribution in [3.05, 3.63) is 47.3 Å². The van der Waals surface area contributed by atoms with E-state index in [9.17, 15) is 4.79 Å². The lowest BCUT2D eigenvalue weighted by Gasteiger charge is -2.09. The average Bonchev–Trinajstić information content (AvgIpc) is 3.12. The molecule has 21 heavy (non-hydrogen) atoms. The summed E-state index contributed by atoms with van der Waals surface area (Å²) in [6.45, 7) is 4.75. The molecule has 0 spiro atoms. The summed E-state index contributed by atoms with van der Waals surface area (Å²) in [6.07, 6.45) is 4.50. The van der Waals surface area contributed by atoms with Gasteiger partial charge < -0.3 is 4.74 Å². The zero-order chi connectivity index (χ0) is 14.8. The Morgan fingerprint density at radius 2 is 2.19 bits per heavy atom. The van der Waals surface area contributed by atoms with Crippen molar-refractivity contribution in [1.82, 2.24) is 9.78 Å². The highest BCUT2D eigenvalue weighted by Gasteiger charge is 2.19. The second-order valence-electron chi connectivity index (χ2n) is 5.58. The number of rotatable bonds is 5. The quantitative estimate of drug-likeness (QED) is 0.843. The summed E-state index contributed by atoms with van der Waals surface area (Å²) < 4.78 is 7.76. The number of hydrogen-bond donors (Lipinski definition) is 0. The Bertz CT molecular complexity index is 661. The highest BCUT2D eigenvalue weighted by atomic mass is 16.5. The Morgan fingerprint density at radius 3 is 3.00 bits per heavy atom. The molecule has 1 unspecified atom stereocenters. The second-order valence-corrected chi connectivity index (χ2v) is 5.58. The van der Waals surface area contributed by atoms with Crippen LogP contribution in [0.5, 0.6) is 5.75 Å². The number of carbonyl (C=O) groups excluding carboxylic acids is 1. The van der Waals surface area contributed by atoms with Crippen LogP contribution in [-0.2, 0) is 13.0 Å². The third-order valence-electron chi connectivity index (χ3n) is 4.09. The molecule has 1 aromatic carbocycles. The highest BCUT2D eigenvalue weighted by Crippen LogP contribution is 2.26. The van der Waals surface area contributed by atoms with Crippen LogP contribution in [0.2, 0.25) is 0 Å². The highest BCUT2D eigenvalue weighted by molar-refractivity contribution is 6.00. The molecule has 1 aromatic heterocycles. The molecule has 1 atom stereocenters. The van der Waals surface area contributed by atoms with Gasteiger partial charge in [0.15, 0.2) is 5.78 Å². The molecule has 0 radical (unpaired) electrons. The van der Waals surface area contributed by atoms with Crippen LogP contribution < -0.4 is 4.74 Å². The Balaban J connectivity index is 1.65. The summed E-state index contributed by atoms with van der Waals surface area (Å²) in [5.41, 5.74) is 2.87. The maximum absolute atomic E-state index is 11.6. The van der Waals surface area contributed by atoms with Crippen molar-refractivity contribution >= 4 is 5.78 Å². The fourth-order valence-corrected chi connectivity index (χ4v) is 2.57. The molecule has 0 aliphatic heterocycles. The van der Waals surface area contributed by atoms with Crippen molar-refractivity contribution < 1.29 is 9.53 Å². The average molecular weight is 284 g/mol. The predicted octanol–water partition coefficient (Wildman–Crippen LogP) is 3.56. The molecule has 0 N–H and O–H groups in total. The standard InChI is InChI=1S/C17H20N2O2/c1-3-12(2)19-9-8-14(18-19)11-21-15-5-6-16-13(10-15)4-7-17(16)20/h5-6,8-10,12H,3-4,7,11H2,1-2H3. The lowest BCUT2D eigenvalue weighted by Crippen LogP contribution is -2.05. The first kappa shape index (κ1) is 13.9. The van der Waals surface area contributed by atoms with Crippen LogP contribution in [0, 0.1) is 0 Å². The molecule has 0 amide bonds. The normalized spacial score (nSPS) is 15.0. The van der Waals surface area contributed by atoms with Gasteiger partial charge in [0.2, 0.25) is 0 Å². The number of benzene rings is 1. The molecule has 2 aromatic rings. The molecule has 110 valence electrons. The molecular weight excluding hydrogens is 264 g/mol. The molecule has 1 heterocycles. The van der Waals surface area contributed by atoms with Gasteiger partial charge in [-0.2, -0.15) is 5.10 Å². The van der Waals surface area contributed by atoms with E-state index in [1.165, 1.54) is 0 Å². The smallest absolute Gasteiger partial charge is 0.163 e. The van der Waals surface area contributed by atoms with Gasteiger partial charge in [-0.05, 0) is 49.6 Å². The summed E-state index contributed by atoms with van der Waals surface area (Å²) in [7, 11) is 0. The van der Waals surface area contributed by atoms with Crippen LogP contribution in [-0.4, -0.2) is 15.6 Å². The predicted molar refractivity (Wildman–Crippen MR) is 80.7 cm³/mol. The minimum absolute atomic E-state index is 0.240. The van der Waals surface area contributed by atoms with Crippen molar-refractivity contribution in [2.75, 3.05) is 0 Å². The van der Waals surface area contributed by atoms with E-state index in [4.69, 9.17) is 4.74 Å². The van der Waals surface area contributed by atoms with Crippen molar-refractivity contribution in [3.8, 4) is 5.75 Å². The first-order valence-electron chi connectivity index (χ1n) is 7.50. The van der Waals surface area contributed by atoms with E-state index in [0.717, 1.165) is 35.4 Å². The van der Waals surface area contributed by atoms with E-state index >= 15 is 0 Å². The largest absolute Gasteiger partial charge is 0.487 e. The second kappa shape index (κ2) is 5.72. The van der Waals surface area contributed by atoms with Crippen molar-refractivity contribution in [3.63, 3.8) is 0 Å². The van der Waals surface area contributed by atoms with E-state index < -0.39 is 0 Å². The lowest BCUT2D eigenvalue weighted by molar-refractivity contribution is 0.0994. The zero-order valence-corrected chi connectivity index (χ0v) is 12.5. The van der Waals surface area contributed by atoms with Crippen molar-refractivity contribution in [2.45, 2.75) is 45.8 Å². The van der Waals surface area contributed by atoms with Crippen molar-refractivity contribution in [2.24, 2.45) is 0 Å². The Morgan fingerprint density at radius 1 is 1.33 bits per heavy atom. The van der Waals surface area contributed by atoms with E-state index in [1.54, 1.807) is 0 Å². The Hall–Kier alpha value is -2.10. The number of Topliss-reactive ketones (excluding diaryl/α,β-unsaturated/α-hetero) is 1. The van der Waals surface area contributed by atoms with Gasteiger partial charge in [0, 0.05) is 24.2 Å². The zero-order valence-electron chi connectivity index (χ0n) is 12.5. The van der Waals surface area contributed by atoms with Gasteiger partial charge in [-0.15, -0.1) is 0 Å². The lowest BCUT2D eigenvalue weighted by atomic mass is 10.1. The van der Waals surface area contributed by atoms with Gasteiger partial charge in [0.25, 0.3) is 0 Å². The van der Waals surface area contributed by atoms with Crippen LogP contribution in [0.25, 0.3) is 0 Å². The number of aromatic nitrogens is 2. The molecule has 0 fully saturated rings. The SMILES string of the molecule is CCC(C)n1ccc(COc2ccc3c(c2)CCC3=O)n1. The number of aryl methyl sites for hydroxylation is 1. The van der Waals surface area contributed by atoms with Crippen molar-refractivity contribution in [1.29, 1.82) is 0 Å². The van der Waals surface area contributed by atoms with E-state index in [0.29, 0.717) is 19.1 Å². The van der Waals surface area contributed by atoms with Gasteiger partial charge in [0.05, 0.1) is 5.69 Å². The maximum Gasteiger partial charge on any atom is 0.163 e. The molecule has 0 saturated carbocycles. The molecule has 0 saturated heterocycles. The van der Waals surface area contributed by atoms with Gasteiger partial charge in [-0.25, -0.2) is 0 Å². The minimum Gasteiger partial charge on any atom is -0.487 e. The van der Waals surface area contributed by atoms with E-state index in [1.807, 2.05) is 35.1 Å². The third-order valence-corrected chi connectivity index (χ3v) is 4.09. The minimum atomic E-state index is 0.240. The summed E-state index contributed by atoms with van der Waals surface area (Å²) >= 11 is 0. The topological polar surface area (TPSA) is 44.1 Å². The summed E-state index contributed by atoms with van der Waals surface area (Å²) in [4.78, 5) is 11.6. The van der Waals surface area contributed by atoms with Crippen LogP contribution in [0.3, 0.4) is 0 Å². The van der Waals surface area contributed by atoms with Crippen LogP contribution >= 0.6 is 0 Å². The summed E-state index contributed by atoms with van der Waals surface area (Å²) in [5, 5.41) is 4.52. The molecule has 0 bridgehead atoms. The number of hydrogen-bond acceptors (Lipinski definition) is 3. The number of ether oxygens (including phenoxy) is 1. The van der Waals surface area contributed by atoms with Gasteiger partial charge >= 0.3 is 0 Å². The first-order valence-corrected chi connectivity index (χ1v) is 7.50. The summed E-state index contributed by atoms with van der Waals surface area (Å²) in [5.74, 6) is 1.05. The fraction of sp³-hybridized carbons (Fsp3) is 0.412. The first-order chi connectivity index (χ1) is 10.2. The van der Waals surface area contributed by atoms with Crippen LogP contribution in [0.15, 0.2) is 30.5 Å². The van der Waals surface area contributed by atoms with Gasteiger partial charge in [0.1, 0.15) is 12.4 Å². The number of nitrogens with zero attached hydrogens (tertiary/aromatic N) is 2. The molecule has 1 aliphatic rings. The van der Waals surface area contributed by atoms with E-state index in [2.05, 4.69) is 18.9 Å². The molecule has 3 rings (SSSR count). The van der Waals surface area contributed by atoms with Crippen LogP contribution in [0.4, 0.5) is 0 Å². The fourth-order valence-electron chi connectivity index (χ4n) is 2.57. The summed E-state index contributed by atoms with van der Waals surface area (Å²) in [6, 6.07) is 8.12. The number of carbonyl (C=O) groups is 1. The number of fused-ring (bicyclic) bond motifs is 1. The maximum atomic E-state index is 11.6. The molecule has 1 aliphatic carbocycles. The molecule has 4 nitrogen and oxygen atoms in total. The molecule has 4 heteroatoms.